The molecule has 0 bridgehead atoms. The summed E-state index contributed by atoms with van der Waals surface area (Å²) in [6, 6.07) is 6.24. The van der Waals surface area contributed by atoms with Gasteiger partial charge < -0.3 is 0 Å². The zero-order valence-corrected chi connectivity index (χ0v) is 10.3. The van der Waals surface area contributed by atoms with E-state index in [1.54, 1.807) is 6.08 Å². The van der Waals surface area contributed by atoms with E-state index in [1.165, 1.54) is 11.1 Å². The normalized spacial score (nSPS) is 11.3. The molecule has 0 saturated carbocycles. The number of allylic oxidation sites excluding steroid dienone is 3. The second-order valence-corrected chi connectivity index (χ2v) is 4.03. The number of hydrogen-bond donors (Lipinski definition) is 1. The third kappa shape index (κ3) is 2.93. The number of nitrogens with one attached hydrogen (secondary N) is 1. The largest absolute Gasteiger partial charge is 0.300 e. The van der Waals surface area contributed by atoms with Gasteiger partial charge in [0.1, 0.15) is 0 Å². The molecule has 1 aromatic carbocycles. The fourth-order valence-electron chi connectivity index (χ4n) is 1.82. The molecule has 0 aliphatic rings. The van der Waals surface area contributed by atoms with Gasteiger partial charge in [-0.1, -0.05) is 42.8 Å². The monoisotopic (exact) mass is 213 g/mol. The van der Waals surface area contributed by atoms with Crippen molar-refractivity contribution >= 4 is 5.71 Å². The third-order valence-electron chi connectivity index (χ3n) is 2.53. The summed E-state index contributed by atoms with van der Waals surface area (Å²) in [6.45, 7) is 9.87. The summed E-state index contributed by atoms with van der Waals surface area (Å²) >= 11 is 0. The molecule has 1 rings (SSSR count). The van der Waals surface area contributed by atoms with E-state index < -0.39 is 0 Å². The van der Waals surface area contributed by atoms with Crippen molar-refractivity contribution in [1.29, 1.82) is 5.41 Å². The van der Waals surface area contributed by atoms with Crippen LogP contribution in [0.25, 0.3) is 0 Å². The molecule has 1 nitrogen and oxygen atoms in total. The van der Waals surface area contributed by atoms with Crippen LogP contribution in [-0.4, -0.2) is 5.71 Å². The number of hydrogen-bond acceptors (Lipinski definition) is 1. The van der Waals surface area contributed by atoms with Crippen molar-refractivity contribution in [3.05, 3.63) is 59.2 Å². The molecular formula is C15H19N. The quantitative estimate of drug-likeness (QED) is 0.572. The maximum Gasteiger partial charge on any atom is 0.0644 e. The van der Waals surface area contributed by atoms with Gasteiger partial charge in [-0.25, -0.2) is 0 Å². The Labute approximate surface area is 98.0 Å². The summed E-state index contributed by atoms with van der Waals surface area (Å²) in [6.07, 6.45) is 4.52. The first-order valence-electron chi connectivity index (χ1n) is 5.57. The Morgan fingerprint density at radius 2 is 1.81 bits per heavy atom. The van der Waals surface area contributed by atoms with Gasteiger partial charge in [0.2, 0.25) is 0 Å². The molecule has 0 radical (unpaired) electrons. The molecule has 0 amide bonds. The predicted octanol–water partition coefficient (Wildman–Crippen LogP) is 4.19. The summed E-state index contributed by atoms with van der Waals surface area (Å²) in [5.41, 5.74) is 5.03. The highest BCUT2D eigenvalue weighted by molar-refractivity contribution is 6.10. The predicted molar refractivity (Wildman–Crippen MR) is 71.3 cm³/mol. The molecule has 0 saturated heterocycles. The van der Waals surface area contributed by atoms with Crippen molar-refractivity contribution < 1.29 is 0 Å². The molecule has 0 atom stereocenters. The van der Waals surface area contributed by atoms with Crippen LogP contribution in [0.1, 0.15) is 30.0 Å². The fourth-order valence-corrected chi connectivity index (χ4v) is 1.82. The van der Waals surface area contributed by atoms with Crippen LogP contribution in [0.15, 0.2) is 42.5 Å². The van der Waals surface area contributed by atoms with Gasteiger partial charge >= 0.3 is 0 Å². The van der Waals surface area contributed by atoms with E-state index in [2.05, 4.69) is 45.5 Å². The minimum Gasteiger partial charge on any atom is -0.300 e. The summed E-state index contributed by atoms with van der Waals surface area (Å²) in [4.78, 5) is 0. The van der Waals surface area contributed by atoms with Crippen molar-refractivity contribution in [1.82, 2.24) is 0 Å². The van der Waals surface area contributed by atoms with E-state index >= 15 is 0 Å². The Balaban J connectivity index is 3.13. The third-order valence-corrected chi connectivity index (χ3v) is 2.53. The summed E-state index contributed by atoms with van der Waals surface area (Å²) in [5.74, 6) is 0. The summed E-state index contributed by atoms with van der Waals surface area (Å²) in [5, 5.41) is 8.17. The van der Waals surface area contributed by atoms with Crippen LogP contribution in [0.4, 0.5) is 0 Å². The smallest absolute Gasteiger partial charge is 0.0644 e. The van der Waals surface area contributed by atoms with Crippen molar-refractivity contribution in [3.63, 3.8) is 0 Å². The minimum atomic E-state index is 0.606. The minimum absolute atomic E-state index is 0.606. The Kier molecular flexibility index (Phi) is 4.24. The lowest BCUT2D eigenvalue weighted by atomic mass is 9.97. The molecule has 84 valence electrons. The topological polar surface area (TPSA) is 23.9 Å². The summed E-state index contributed by atoms with van der Waals surface area (Å²) < 4.78 is 0. The van der Waals surface area contributed by atoms with Crippen molar-refractivity contribution in [2.24, 2.45) is 0 Å². The fraction of sp³-hybridized carbons (Fsp3) is 0.267. The first kappa shape index (κ1) is 12.4. The molecule has 0 unspecified atom stereocenters. The SMILES string of the molecule is C=C/C=C(\CC)C(=N)c1cc(C)cc(C)c1. The highest BCUT2D eigenvalue weighted by Gasteiger charge is 2.06. The standard InChI is InChI=1S/C15H19N/c1-5-7-13(6-2)15(16)14-9-11(3)8-12(4)10-14/h5,7-10,16H,1,6H2,2-4H3/b13-7+,16-15?. The van der Waals surface area contributed by atoms with E-state index in [-0.39, 0.29) is 0 Å². The van der Waals surface area contributed by atoms with Crippen LogP contribution in [-0.2, 0) is 0 Å². The summed E-state index contributed by atoms with van der Waals surface area (Å²) in [7, 11) is 0. The Morgan fingerprint density at radius 3 is 2.25 bits per heavy atom. The maximum absolute atomic E-state index is 8.17. The van der Waals surface area contributed by atoms with Crippen molar-refractivity contribution in [2.75, 3.05) is 0 Å². The van der Waals surface area contributed by atoms with Gasteiger partial charge in [-0.3, -0.25) is 5.41 Å². The van der Waals surface area contributed by atoms with Gasteiger partial charge in [-0.15, -0.1) is 0 Å². The lowest BCUT2D eigenvalue weighted by Gasteiger charge is -2.09. The molecule has 1 N–H and O–H groups in total. The van der Waals surface area contributed by atoms with Gasteiger partial charge in [-0.2, -0.15) is 0 Å². The van der Waals surface area contributed by atoms with Gasteiger partial charge in [0, 0.05) is 5.56 Å². The van der Waals surface area contributed by atoms with Crippen LogP contribution in [0.2, 0.25) is 0 Å². The molecule has 1 aromatic rings. The van der Waals surface area contributed by atoms with Crippen LogP contribution >= 0.6 is 0 Å². The number of rotatable bonds is 4. The molecule has 0 aliphatic carbocycles. The number of aryl methyl sites for hydroxylation is 2. The molecule has 0 aliphatic heterocycles. The maximum atomic E-state index is 8.17. The van der Waals surface area contributed by atoms with Crippen molar-refractivity contribution in [3.8, 4) is 0 Å². The molecule has 0 heterocycles. The van der Waals surface area contributed by atoms with Crippen LogP contribution in [0.3, 0.4) is 0 Å². The lowest BCUT2D eigenvalue weighted by Crippen LogP contribution is -2.03. The lowest BCUT2D eigenvalue weighted by molar-refractivity contribution is 1.16. The van der Waals surface area contributed by atoms with Crippen LogP contribution in [0.5, 0.6) is 0 Å². The Morgan fingerprint density at radius 1 is 1.25 bits per heavy atom. The molecule has 0 spiro atoms. The van der Waals surface area contributed by atoms with Gasteiger partial charge in [-0.05, 0) is 38.0 Å². The van der Waals surface area contributed by atoms with E-state index in [0.29, 0.717) is 5.71 Å². The zero-order chi connectivity index (χ0) is 12.1. The number of benzene rings is 1. The van der Waals surface area contributed by atoms with E-state index in [1.807, 2.05) is 6.08 Å². The van der Waals surface area contributed by atoms with E-state index in [4.69, 9.17) is 5.41 Å². The van der Waals surface area contributed by atoms with Gasteiger partial charge in [0.05, 0.1) is 5.71 Å². The highest BCUT2D eigenvalue weighted by Crippen LogP contribution is 2.15. The Bertz CT molecular complexity index is 418. The molecule has 0 aromatic heterocycles. The van der Waals surface area contributed by atoms with Crippen LogP contribution < -0.4 is 0 Å². The molecule has 16 heavy (non-hydrogen) atoms. The average Bonchev–Trinajstić information content (AvgIpc) is 2.23. The van der Waals surface area contributed by atoms with E-state index in [0.717, 1.165) is 17.6 Å². The molecule has 1 heteroatoms. The second kappa shape index (κ2) is 5.45. The average molecular weight is 213 g/mol. The van der Waals surface area contributed by atoms with Crippen LogP contribution in [0, 0.1) is 19.3 Å². The molecule has 0 fully saturated rings. The second-order valence-electron chi connectivity index (χ2n) is 4.03. The van der Waals surface area contributed by atoms with E-state index in [9.17, 15) is 0 Å². The zero-order valence-electron chi connectivity index (χ0n) is 10.3. The highest BCUT2D eigenvalue weighted by atomic mass is 14.4. The van der Waals surface area contributed by atoms with Crippen molar-refractivity contribution in [2.45, 2.75) is 27.2 Å². The van der Waals surface area contributed by atoms with Gasteiger partial charge in [0.25, 0.3) is 0 Å². The first-order chi connectivity index (χ1) is 7.58. The van der Waals surface area contributed by atoms with Gasteiger partial charge in [0.15, 0.2) is 0 Å². The first-order valence-corrected chi connectivity index (χ1v) is 5.57. The Hall–Kier alpha value is -1.63. The molecular weight excluding hydrogens is 194 g/mol.